The van der Waals surface area contributed by atoms with Crippen LogP contribution in [0.15, 0.2) is 97.7 Å². The summed E-state index contributed by atoms with van der Waals surface area (Å²) < 4.78 is 41.9. The van der Waals surface area contributed by atoms with Crippen LogP contribution >= 0.6 is 0 Å². The molecule has 0 fully saturated rings. The molecule has 9 nitrogen and oxygen atoms in total. The van der Waals surface area contributed by atoms with Crippen molar-refractivity contribution in [3.8, 4) is 16.9 Å². The van der Waals surface area contributed by atoms with Gasteiger partial charge in [-0.1, -0.05) is 6.07 Å². The summed E-state index contributed by atoms with van der Waals surface area (Å²) in [6.45, 7) is 0. The van der Waals surface area contributed by atoms with E-state index in [1.807, 2.05) is 0 Å². The lowest BCUT2D eigenvalue weighted by Crippen LogP contribution is -2.16. The highest BCUT2D eigenvalue weighted by molar-refractivity contribution is 6.08. The molecule has 4 aromatic heterocycles. The second kappa shape index (κ2) is 10.5. The summed E-state index contributed by atoms with van der Waals surface area (Å²) in [5.74, 6) is -0.882. The van der Waals surface area contributed by atoms with Crippen LogP contribution in [-0.2, 0) is 6.18 Å². The van der Waals surface area contributed by atoms with E-state index in [0.717, 1.165) is 10.7 Å². The van der Waals surface area contributed by atoms with Crippen LogP contribution in [0.4, 0.5) is 24.7 Å². The van der Waals surface area contributed by atoms with Crippen molar-refractivity contribution in [3.05, 3.63) is 115 Å². The van der Waals surface area contributed by atoms with Gasteiger partial charge in [-0.3, -0.25) is 19.6 Å². The van der Waals surface area contributed by atoms with Crippen molar-refractivity contribution in [3.63, 3.8) is 0 Å². The van der Waals surface area contributed by atoms with Gasteiger partial charge in [-0.2, -0.15) is 18.3 Å². The Balaban J connectivity index is 1.33. The Hall–Kier alpha value is -5.39. The molecule has 0 saturated heterocycles. The summed E-state index contributed by atoms with van der Waals surface area (Å²) in [4.78, 5) is 37.3. The van der Waals surface area contributed by atoms with E-state index < -0.39 is 23.7 Å². The number of amides is 2. The zero-order valence-corrected chi connectivity index (χ0v) is 19.9. The molecule has 0 aliphatic carbocycles. The molecule has 1 aromatic carbocycles. The minimum atomic E-state index is -4.67. The molecule has 2 N–H and O–H groups in total. The topological polar surface area (TPSA) is 115 Å². The molecule has 0 radical (unpaired) electrons. The molecule has 194 valence electrons. The molecular weight excluding hydrogens is 511 g/mol. The van der Waals surface area contributed by atoms with E-state index in [0.29, 0.717) is 11.3 Å². The van der Waals surface area contributed by atoms with E-state index in [-0.39, 0.29) is 28.3 Å². The maximum atomic E-state index is 13.7. The van der Waals surface area contributed by atoms with Gasteiger partial charge in [0.2, 0.25) is 0 Å². The number of carbonyl (C=O) groups excluding carboxylic acids is 2. The summed E-state index contributed by atoms with van der Waals surface area (Å²) in [5.41, 5.74) is 0.519. The zero-order valence-electron chi connectivity index (χ0n) is 19.9. The van der Waals surface area contributed by atoms with E-state index in [4.69, 9.17) is 0 Å². The van der Waals surface area contributed by atoms with Gasteiger partial charge in [0.25, 0.3) is 11.8 Å². The van der Waals surface area contributed by atoms with E-state index in [1.165, 1.54) is 49.1 Å². The van der Waals surface area contributed by atoms with Gasteiger partial charge >= 0.3 is 6.18 Å². The Labute approximate surface area is 219 Å². The third-order valence-corrected chi connectivity index (χ3v) is 5.50. The van der Waals surface area contributed by atoms with Gasteiger partial charge in [0.15, 0.2) is 0 Å². The fraction of sp³-hybridized carbons (Fsp3) is 0.0370. The maximum Gasteiger partial charge on any atom is 0.433 e. The van der Waals surface area contributed by atoms with Gasteiger partial charge in [-0.05, 0) is 60.7 Å². The summed E-state index contributed by atoms with van der Waals surface area (Å²) in [6.07, 6.45) is 2.49. The molecule has 5 rings (SSSR count). The largest absolute Gasteiger partial charge is 0.433 e. The standard InChI is InChI=1S/C27H18F3N7O2/c28-27(29,30)23-13-22(19-6-2-10-31-14-19)36-37(23)21-8-9-24(33-16-21)35-26(39)18-5-1-4-17(12-18)25(38)34-20-7-3-11-32-15-20/h1-16H,(H,34,38)(H,33,35,39). The third kappa shape index (κ3) is 5.80. The summed E-state index contributed by atoms with van der Waals surface area (Å²) in [5, 5.41) is 9.36. The Kier molecular flexibility index (Phi) is 6.83. The Bertz CT molecular complexity index is 1620. The van der Waals surface area contributed by atoms with Crippen molar-refractivity contribution >= 4 is 23.3 Å². The van der Waals surface area contributed by atoms with Crippen molar-refractivity contribution < 1.29 is 22.8 Å². The van der Waals surface area contributed by atoms with Crippen LogP contribution in [0.5, 0.6) is 0 Å². The summed E-state index contributed by atoms with van der Waals surface area (Å²) >= 11 is 0. The molecule has 5 aromatic rings. The number of carbonyl (C=O) groups is 2. The molecule has 0 spiro atoms. The lowest BCUT2D eigenvalue weighted by Gasteiger charge is -2.11. The Morgan fingerprint density at radius 1 is 0.769 bits per heavy atom. The fourth-order valence-corrected chi connectivity index (χ4v) is 3.65. The fourth-order valence-electron chi connectivity index (χ4n) is 3.65. The number of anilines is 2. The van der Waals surface area contributed by atoms with Crippen molar-refractivity contribution in [1.29, 1.82) is 0 Å². The minimum absolute atomic E-state index is 0.0459. The number of aromatic nitrogens is 5. The molecule has 4 heterocycles. The Morgan fingerprint density at radius 2 is 1.49 bits per heavy atom. The number of hydrogen-bond acceptors (Lipinski definition) is 6. The molecule has 0 aliphatic heterocycles. The van der Waals surface area contributed by atoms with Crippen LogP contribution in [0.1, 0.15) is 26.4 Å². The Morgan fingerprint density at radius 3 is 2.10 bits per heavy atom. The number of nitrogens with one attached hydrogen (secondary N) is 2. The number of halogens is 3. The van der Waals surface area contributed by atoms with Gasteiger partial charge in [-0.25, -0.2) is 9.67 Å². The average molecular weight is 529 g/mol. The SMILES string of the molecule is O=C(Nc1cccnc1)c1cccc(C(=O)Nc2ccc(-n3nc(-c4cccnc4)cc3C(F)(F)F)cn2)c1. The van der Waals surface area contributed by atoms with Crippen LogP contribution in [-0.4, -0.2) is 36.5 Å². The molecule has 0 atom stereocenters. The highest BCUT2D eigenvalue weighted by Gasteiger charge is 2.36. The third-order valence-electron chi connectivity index (χ3n) is 5.50. The number of pyridine rings is 3. The van der Waals surface area contributed by atoms with E-state index in [2.05, 4.69) is 30.7 Å². The second-order valence-corrected chi connectivity index (χ2v) is 8.20. The molecule has 0 saturated carbocycles. The monoisotopic (exact) mass is 529 g/mol. The minimum Gasteiger partial charge on any atom is -0.321 e. The molecule has 39 heavy (non-hydrogen) atoms. The van der Waals surface area contributed by atoms with Crippen LogP contribution in [0.25, 0.3) is 16.9 Å². The first-order valence-electron chi connectivity index (χ1n) is 11.4. The van der Waals surface area contributed by atoms with Gasteiger partial charge in [0.1, 0.15) is 11.5 Å². The molecular formula is C27H18F3N7O2. The average Bonchev–Trinajstić information content (AvgIpc) is 3.41. The van der Waals surface area contributed by atoms with E-state index in [9.17, 15) is 22.8 Å². The first-order valence-corrected chi connectivity index (χ1v) is 11.4. The number of rotatable bonds is 6. The first-order chi connectivity index (χ1) is 18.8. The lowest BCUT2D eigenvalue weighted by molar-refractivity contribution is -0.142. The van der Waals surface area contributed by atoms with E-state index >= 15 is 0 Å². The number of nitrogens with zero attached hydrogens (tertiary/aromatic N) is 5. The summed E-state index contributed by atoms with van der Waals surface area (Å²) in [6, 6.07) is 16.2. The van der Waals surface area contributed by atoms with Crippen molar-refractivity contribution in [2.75, 3.05) is 10.6 Å². The number of benzene rings is 1. The number of alkyl halides is 3. The highest BCUT2D eigenvalue weighted by Crippen LogP contribution is 2.34. The van der Waals surface area contributed by atoms with Crippen molar-refractivity contribution in [2.24, 2.45) is 0 Å². The predicted octanol–water partition coefficient (Wildman–Crippen LogP) is 5.25. The number of hydrogen-bond donors (Lipinski definition) is 2. The van der Waals surface area contributed by atoms with Gasteiger partial charge < -0.3 is 10.6 Å². The maximum absolute atomic E-state index is 13.7. The van der Waals surface area contributed by atoms with Crippen LogP contribution in [0.2, 0.25) is 0 Å². The van der Waals surface area contributed by atoms with Gasteiger partial charge in [0.05, 0.1) is 29.5 Å². The van der Waals surface area contributed by atoms with Crippen molar-refractivity contribution in [2.45, 2.75) is 6.18 Å². The van der Waals surface area contributed by atoms with Gasteiger partial charge in [0, 0.05) is 35.3 Å². The van der Waals surface area contributed by atoms with Crippen LogP contribution in [0.3, 0.4) is 0 Å². The van der Waals surface area contributed by atoms with Crippen LogP contribution < -0.4 is 10.6 Å². The molecule has 0 bridgehead atoms. The normalized spacial score (nSPS) is 11.2. The molecule has 0 unspecified atom stereocenters. The van der Waals surface area contributed by atoms with Crippen molar-refractivity contribution in [1.82, 2.24) is 24.7 Å². The smallest absolute Gasteiger partial charge is 0.321 e. The quantitative estimate of drug-likeness (QED) is 0.311. The molecule has 12 heteroatoms. The summed E-state index contributed by atoms with van der Waals surface area (Å²) in [7, 11) is 0. The first kappa shape index (κ1) is 25.3. The predicted molar refractivity (Wildman–Crippen MR) is 136 cm³/mol. The molecule has 0 aliphatic rings. The highest BCUT2D eigenvalue weighted by atomic mass is 19.4. The van der Waals surface area contributed by atoms with E-state index in [1.54, 1.807) is 42.6 Å². The van der Waals surface area contributed by atoms with Gasteiger partial charge in [-0.15, -0.1) is 0 Å². The van der Waals surface area contributed by atoms with Crippen LogP contribution in [0, 0.1) is 0 Å². The molecule has 2 amide bonds. The zero-order chi connectivity index (χ0) is 27.4. The second-order valence-electron chi connectivity index (χ2n) is 8.20. The lowest BCUT2D eigenvalue weighted by atomic mass is 10.1.